The average molecular weight is 228 g/mol. The molecule has 2 N–H and O–H groups in total. The average Bonchev–Trinajstić information content (AvgIpc) is 2.28. The SMILES string of the molecule is CC(C)(C)c1nc(N)cc(-c2ccccn2)n1. The van der Waals surface area contributed by atoms with Gasteiger partial charge < -0.3 is 5.73 Å². The summed E-state index contributed by atoms with van der Waals surface area (Å²) in [7, 11) is 0. The molecule has 0 aromatic carbocycles. The molecule has 0 atom stereocenters. The minimum Gasteiger partial charge on any atom is -0.384 e. The van der Waals surface area contributed by atoms with Crippen LogP contribution >= 0.6 is 0 Å². The molecule has 2 rings (SSSR count). The van der Waals surface area contributed by atoms with E-state index >= 15 is 0 Å². The highest BCUT2D eigenvalue weighted by Crippen LogP contribution is 2.23. The molecule has 88 valence electrons. The summed E-state index contributed by atoms with van der Waals surface area (Å²) in [4.78, 5) is 13.1. The second-order valence-corrected chi connectivity index (χ2v) is 4.97. The van der Waals surface area contributed by atoms with E-state index in [9.17, 15) is 0 Å². The van der Waals surface area contributed by atoms with Gasteiger partial charge in [-0.25, -0.2) is 9.97 Å². The molecule has 0 aliphatic heterocycles. The fraction of sp³-hybridized carbons (Fsp3) is 0.308. The van der Waals surface area contributed by atoms with Gasteiger partial charge in [-0.05, 0) is 12.1 Å². The van der Waals surface area contributed by atoms with Gasteiger partial charge in [-0.1, -0.05) is 26.8 Å². The van der Waals surface area contributed by atoms with Crippen LogP contribution in [0.4, 0.5) is 5.82 Å². The molecule has 17 heavy (non-hydrogen) atoms. The molecular weight excluding hydrogens is 212 g/mol. The molecule has 4 heteroatoms. The van der Waals surface area contributed by atoms with Gasteiger partial charge in [0.25, 0.3) is 0 Å². The van der Waals surface area contributed by atoms with Gasteiger partial charge in [-0.2, -0.15) is 0 Å². The molecule has 2 aromatic heterocycles. The van der Waals surface area contributed by atoms with Crippen LogP contribution in [0.3, 0.4) is 0 Å². The van der Waals surface area contributed by atoms with E-state index < -0.39 is 0 Å². The minimum atomic E-state index is -0.126. The minimum absolute atomic E-state index is 0.126. The van der Waals surface area contributed by atoms with Gasteiger partial charge in [-0.15, -0.1) is 0 Å². The molecule has 2 aromatic rings. The quantitative estimate of drug-likeness (QED) is 0.814. The molecule has 4 nitrogen and oxygen atoms in total. The van der Waals surface area contributed by atoms with E-state index in [1.165, 1.54) is 0 Å². The molecule has 0 amide bonds. The molecule has 0 bridgehead atoms. The Balaban J connectivity index is 2.54. The highest BCUT2D eigenvalue weighted by molar-refractivity contribution is 5.57. The Morgan fingerprint density at radius 2 is 1.82 bits per heavy atom. The Morgan fingerprint density at radius 3 is 2.41 bits per heavy atom. The lowest BCUT2D eigenvalue weighted by Gasteiger charge is -2.17. The van der Waals surface area contributed by atoms with E-state index in [1.54, 1.807) is 12.3 Å². The topological polar surface area (TPSA) is 64.7 Å². The van der Waals surface area contributed by atoms with Crippen LogP contribution in [-0.4, -0.2) is 15.0 Å². The van der Waals surface area contributed by atoms with Gasteiger partial charge in [0, 0.05) is 17.7 Å². The number of nitrogens with zero attached hydrogens (tertiary/aromatic N) is 3. The van der Waals surface area contributed by atoms with E-state index in [1.807, 2.05) is 18.2 Å². The molecule has 0 saturated heterocycles. The Kier molecular flexibility index (Phi) is 2.79. The first-order valence-corrected chi connectivity index (χ1v) is 5.53. The van der Waals surface area contributed by atoms with E-state index in [4.69, 9.17) is 5.73 Å². The smallest absolute Gasteiger partial charge is 0.136 e. The summed E-state index contributed by atoms with van der Waals surface area (Å²) in [5.41, 5.74) is 7.27. The summed E-state index contributed by atoms with van der Waals surface area (Å²) in [5.74, 6) is 1.21. The van der Waals surface area contributed by atoms with Gasteiger partial charge in [-0.3, -0.25) is 4.98 Å². The summed E-state index contributed by atoms with van der Waals surface area (Å²) in [6.45, 7) is 6.18. The highest BCUT2D eigenvalue weighted by atomic mass is 15.0. The summed E-state index contributed by atoms with van der Waals surface area (Å²) in [5, 5.41) is 0. The van der Waals surface area contributed by atoms with Crippen LogP contribution in [0.25, 0.3) is 11.4 Å². The molecule has 0 aliphatic carbocycles. The summed E-state index contributed by atoms with van der Waals surface area (Å²) in [6, 6.07) is 7.46. The normalized spacial score (nSPS) is 11.5. The second-order valence-electron chi connectivity index (χ2n) is 4.97. The maximum Gasteiger partial charge on any atom is 0.136 e. The van der Waals surface area contributed by atoms with Crippen molar-refractivity contribution >= 4 is 5.82 Å². The number of anilines is 1. The van der Waals surface area contributed by atoms with Crippen molar-refractivity contribution in [1.82, 2.24) is 15.0 Å². The van der Waals surface area contributed by atoms with Crippen LogP contribution in [0.2, 0.25) is 0 Å². The molecule has 0 saturated carbocycles. The molecule has 0 aliphatic rings. The van der Waals surface area contributed by atoms with Gasteiger partial charge in [0.15, 0.2) is 0 Å². The molecular formula is C13H16N4. The van der Waals surface area contributed by atoms with E-state index in [0.29, 0.717) is 5.82 Å². The predicted octanol–water partition coefficient (Wildman–Crippen LogP) is 2.42. The standard InChI is InChI=1S/C13H16N4/c1-13(2,3)12-16-10(8-11(14)17-12)9-6-4-5-7-15-9/h4-8H,1-3H3,(H2,14,16,17). The molecule has 0 unspecified atom stereocenters. The van der Waals surface area contributed by atoms with Crippen molar-refractivity contribution in [3.63, 3.8) is 0 Å². The van der Waals surface area contributed by atoms with Crippen LogP contribution < -0.4 is 5.73 Å². The first-order chi connectivity index (χ1) is 7.97. The lowest BCUT2D eigenvalue weighted by Crippen LogP contribution is -2.17. The summed E-state index contributed by atoms with van der Waals surface area (Å²) < 4.78 is 0. The summed E-state index contributed by atoms with van der Waals surface area (Å²) in [6.07, 6.45) is 1.74. The zero-order valence-corrected chi connectivity index (χ0v) is 10.3. The van der Waals surface area contributed by atoms with Crippen molar-refractivity contribution in [2.75, 3.05) is 5.73 Å². The van der Waals surface area contributed by atoms with Crippen molar-refractivity contribution in [3.05, 3.63) is 36.3 Å². The van der Waals surface area contributed by atoms with Crippen molar-refractivity contribution in [2.45, 2.75) is 26.2 Å². The Labute approximate surface area is 101 Å². The highest BCUT2D eigenvalue weighted by Gasteiger charge is 2.19. The largest absolute Gasteiger partial charge is 0.384 e. The first kappa shape index (κ1) is 11.5. The number of hydrogen-bond acceptors (Lipinski definition) is 4. The molecule has 0 fully saturated rings. The predicted molar refractivity (Wildman–Crippen MR) is 68.4 cm³/mol. The van der Waals surface area contributed by atoms with Crippen LogP contribution in [0.1, 0.15) is 26.6 Å². The zero-order valence-electron chi connectivity index (χ0n) is 10.3. The lowest BCUT2D eigenvalue weighted by atomic mass is 9.95. The van der Waals surface area contributed by atoms with Crippen LogP contribution in [0.15, 0.2) is 30.5 Å². The lowest BCUT2D eigenvalue weighted by molar-refractivity contribution is 0.547. The van der Waals surface area contributed by atoms with Gasteiger partial charge in [0.1, 0.15) is 11.6 Å². The molecule has 0 radical (unpaired) electrons. The van der Waals surface area contributed by atoms with Gasteiger partial charge >= 0.3 is 0 Å². The Hall–Kier alpha value is -1.97. The number of hydrogen-bond donors (Lipinski definition) is 1. The van der Waals surface area contributed by atoms with Crippen LogP contribution in [0.5, 0.6) is 0 Å². The maximum atomic E-state index is 5.81. The van der Waals surface area contributed by atoms with Crippen molar-refractivity contribution in [1.29, 1.82) is 0 Å². The third kappa shape index (κ3) is 2.58. The zero-order chi connectivity index (χ0) is 12.5. The van der Waals surface area contributed by atoms with Crippen molar-refractivity contribution in [2.24, 2.45) is 0 Å². The van der Waals surface area contributed by atoms with Crippen molar-refractivity contribution < 1.29 is 0 Å². The molecule has 0 spiro atoms. The van der Waals surface area contributed by atoms with E-state index in [-0.39, 0.29) is 5.41 Å². The second kappa shape index (κ2) is 4.13. The summed E-state index contributed by atoms with van der Waals surface area (Å²) >= 11 is 0. The monoisotopic (exact) mass is 228 g/mol. The number of nitrogens with two attached hydrogens (primary N) is 1. The third-order valence-corrected chi connectivity index (χ3v) is 2.34. The van der Waals surface area contributed by atoms with Gasteiger partial charge in [0.2, 0.25) is 0 Å². The fourth-order valence-corrected chi connectivity index (χ4v) is 1.45. The fourth-order valence-electron chi connectivity index (χ4n) is 1.45. The Morgan fingerprint density at radius 1 is 1.06 bits per heavy atom. The van der Waals surface area contributed by atoms with E-state index in [2.05, 4.69) is 35.7 Å². The molecule has 2 heterocycles. The van der Waals surface area contributed by atoms with Crippen LogP contribution in [-0.2, 0) is 5.41 Å². The number of nitrogen functional groups attached to an aromatic ring is 1. The number of rotatable bonds is 1. The first-order valence-electron chi connectivity index (χ1n) is 5.53. The van der Waals surface area contributed by atoms with Gasteiger partial charge in [0.05, 0.1) is 11.4 Å². The Bertz CT molecular complexity index is 515. The van der Waals surface area contributed by atoms with Crippen molar-refractivity contribution in [3.8, 4) is 11.4 Å². The van der Waals surface area contributed by atoms with E-state index in [0.717, 1.165) is 17.2 Å². The number of aromatic nitrogens is 3. The third-order valence-electron chi connectivity index (χ3n) is 2.34. The maximum absolute atomic E-state index is 5.81. The van der Waals surface area contributed by atoms with Crippen LogP contribution in [0, 0.1) is 0 Å². The number of pyridine rings is 1.